The Hall–Kier alpha value is -2.04. The van der Waals surface area contributed by atoms with Crippen LogP contribution in [0.2, 0.25) is 0 Å². The van der Waals surface area contributed by atoms with Gasteiger partial charge >= 0.3 is 12.0 Å². The number of carboxylic acids is 1. The molecular formula is C16H24N2O3. The van der Waals surface area contributed by atoms with Crippen LogP contribution in [0.25, 0.3) is 0 Å². The summed E-state index contributed by atoms with van der Waals surface area (Å²) in [6.07, 6.45) is 0.524. The zero-order valence-corrected chi connectivity index (χ0v) is 12.8. The first-order chi connectivity index (χ1) is 9.92. The van der Waals surface area contributed by atoms with Crippen LogP contribution in [0.3, 0.4) is 0 Å². The standard InChI is InChI=1S/C16H24N2O3/c1-4-14(9-15(19)20)18-16(21)17-10-12-5-7-13(8-6-12)11(2)3/h5-8,11,14H,4,9-10H2,1-3H3,(H,19,20)(H2,17,18,21). The largest absolute Gasteiger partial charge is 0.481 e. The van der Waals surface area contributed by atoms with Crippen LogP contribution in [0.4, 0.5) is 4.79 Å². The number of rotatable bonds is 7. The van der Waals surface area contributed by atoms with Gasteiger partial charge < -0.3 is 15.7 Å². The highest BCUT2D eigenvalue weighted by Crippen LogP contribution is 2.14. The van der Waals surface area contributed by atoms with E-state index in [4.69, 9.17) is 5.11 Å². The highest BCUT2D eigenvalue weighted by atomic mass is 16.4. The molecule has 0 saturated carbocycles. The van der Waals surface area contributed by atoms with E-state index in [-0.39, 0.29) is 18.5 Å². The van der Waals surface area contributed by atoms with Crippen molar-refractivity contribution >= 4 is 12.0 Å². The fourth-order valence-corrected chi connectivity index (χ4v) is 1.95. The van der Waals surface area contributed by atoms with E-state index in [9.17, 15) is 9.59 Å². The van der Waals surface area contributed by atoms with Crippen molar-refractivity contribution in [1.29, 1.82) is 0 Å². The number of carboxylic acid groups (broad SMARTS) is 1. The average molecular weight is 292 g/mol. The molecule has 0 heterocycles. The summed E-state index contributed by atoms with van der Waals surface area (Å²) < 4.78 is 0. The van der Waals surface area contributed by atoms with E-state index >= 15 is 0 Å². The summed E-state index contributed by atoms with van der Waals surface area (Å²) in [5.41, 5.74) is 2.27. The maximum Gasteiger partial charge on any atom is 0.315 e. The van der Waals surface area contributed by atoms with Crippen molar-refractivity contribution in [2.45, 2.75) is 52.1 Å². The molecule has 1 unspecified atom stereocenters. The van der Waals surface area contributed by atoms with E-state index < -0.39 is 5.97 Å². The summed E-state index contributed by atoms with van der Waals surface area (Å²) in [6, 6.07) is 7.41. The van der Waals surface area contributed by atoms with Gasteiger partial charge in [-0.15, -0.1) is 0 Å². The second-order valence-corrected chi connectivity index (χ2v) is 5.43. The van der Waals surface area contributed by atoms with Crippen LogP contribution in [-0.2, 0) is 11.3 Å². The summed E-state index contributed by atoms with van der Waals surface area (Å²) >= 11 is 0. The highest BCUT2D eigenvalue weighted by Gasteiger charge is 2.13. The molecule has 0 radical (unpaired) electrons. The van der Waals surface area contributed by atoms with Crippen molar-refractivity contribution in [2.24, 2.45) is 0 Å². The lowest BCUT2D eigenvalue weighted by Crippen LogP contribution is -2.42. The van der Waals surface area contributed by atoms with Crippen molar-refractivity contribution in [3.05, 3.63) is 35.4 Å². The zero-order valence-electron chi connectivity index (χ0n) is 12.8. The predicted octanol–water partition coefficient (Wildman–Crippen LogP) is 2.86. The molecule has 2 amide bonds. The van der Waals surface area contributed by atoms with Gasteiger partial charge in [0.15, 0.2) is 0 Å². The van der Waals surface area contributed by atoms with Gasteiger partial charge in [0.1, 0.15) is 0 Å². The Labute approximate surface area is 125 Å². The molecule has 3 N–H and O–H groups in total. The van der Waals surface area contributed by atoms with E-state index in [1.54, 1.807) is 0 Å². The second-order valence-electron chi connectivity index (χ2n) is 5.43. The van der Waals surface area contributed by atoms with Crippen LogP contribution in [0.15, 0.2) is 24.3 Å². The summed E-state index contributed by atoms with van der Waals surface area (Å²) in [6.45, 7) is 6.54. The van der Waals surface area contributed by atoms with Gasteiger partial charge in [-0.3, -0.25) is 4.79 Å². The van der Waals surface area contributed by atoms with Crippen molar-refractivity contribution in [3.63, 3.8) is 0 Å². The van der Waals surface area contributed by atoms with E-state index in [0.29, 0.717) is 18.9 Å². The summed E-state index contributed by atoms with van der Waals surface area (Å²) in [5.74, 6) is -0.428. The molecule has 5 nitrogen and oxygen atoms in total. The summed E-state index contributed by atoms with van der Waals surface area (Å²) in [5, 5.41) is 14.1. The molecule has 1 aromatic rings. The van der Waals surface area contributed by atoms with E-state index in [0.717, 1.165) is 5.56 Å². The normalized spacial score (nSPS) is 12.0. The molecule has 21 heavy (non-hydrogen) atoms. The lowest BCUT2D eigenvalue weighted by Gasteiger charge is -2.15. The van der Waals surface area contributed by atoms with Crippen LogP contribution < -0.4 is 10.6 Å². The third kappa shape index (κ3) is 6.29. The second kappa shape index (κ2) is 8.29. The van der Waals surface area contributed by atoms with Crippen LogP contribution >= 0.6 is 0 Å². The molecule has 5 heteroatoms. The molecule has 0 aliphatic rings. The molecule has 0 bridgehead atoms. The number of hydrogen-bond donors (Lipinski definition) is 3. The van der Waals surface area contributed by atoms with Gasteiger partial charge in [-0.2, -0.15) is 0 Å². The summed E-state index contributed by atoms with van der Waals surface area (Å²) in [7, 11) is 0. The Morgan fingerprint density at radius 2 is 1.81 bits per heavy atom. The minimum absolute atomic E-state index is 0.0625. The Bertz CT molecular complexity index is 469. The molecule has 0 spiro atoms. The molecule has 116 valence electrons. The number of carbonyl (C=O) groups is 2. The van der Waals surface area contributed by atoms with Gasteiger partial charge in [-0.05, 0) is 23.5 Å². The zero-order chi connectivity index (χ0) is 15.8. The first-order valence-corrected chi connectivity index (χ1v) is 7.27. The molecule has 1 rings (SSSR count). The van der Waals surface area contributed by atoms with Crippen molar-refractivity contribution < 1.29 is 14.7 Å². The third-order valence-corrected chi connectivity index (χ3v) is 3.35. The molecule has 0 fully saturated rings. The van der Waals surface area contributed by atoms with Gasteiger partial charge in [0, 0.05) is 12.6 Å². The summed E-state index contributed by atoms with van der Waals surface area (Å²) in [4.78, 5) is 22.4. The first kappa shape index (κ1) is 17.0. The highest BCUT2D eigenvalue weighted by molar-refractivity contribution is 5.75. The maximum absolute atomic E-state index is 11.7. The molecule has 0 aliphatic carbocycles. The fraction of sp³-hybridized carbons (Fsp3) is 0.500. The van der Waals surface area contributed by atoms with Crippen LogP contribution in [0.5, 0.6) is 0 Å². The number of carbonyl (C=O) groups excluding carboxylic acids is 1. The first-order valence-electron chi connectivity index (χ1n) is 7.27. The molecule has 0 saturated heterocycles. The molecule has 1 atom stereocenters. The predicted molar refractivity (Wildman–Crippen MR) is 82.2 cm³/mol. The van der Waals surface area contributed by atoms with Crippen molar-refractivity contribution in [1.82, 2.24) is 10.6 Å². The maximum atomic E-state index is 11.7. The van der Waals surface area contributed by atoms with Crippen molar-refractivity contribution in [2.75, 3.05) is 0 Å². The topological polar surface area (TPSA) is 78.4 Å². The number of urea groups is 1. The monoisotopic (exact) mass is 292 g/mol. The SMILES string of the molecule is CCC(CC(=O)O)NC(=O)NCc1ccc(C(C)C)cc1. The van der Waals surface area contributed by atoms with Crippen molar-refractivity contribution in [3.8, 4) is 0 Å². The molecule has 1 aromatic carbocycles. The number of aliphatic carboxylic acids is 1. The van der Waals surface area contributed by atoms with Gasteiger partial charge in [0.05, 0.1) is 6.42 Å². The number of hydrogen-bond acceptors (Lipinski definition) is 2. The average Bonchev–Trinajstić information content (AvgIpc) is 2.44. The minimum Gasteiger partial charge on any atom is -0.481 e. The lowest BCUT2D eigenvalue weighted by atomic mass is 10.0. The van der Waals surface area contributed by atoms with Crippen LogP contribution in [0, 0.1) is 0 Å². The number of amides is 2. The Morgan fingerprint density at radius 1 is 1.19 bits per heavy atom. The third-order valence-electron chi connectivity index (χ3n) is 3.35. The van der Waals surface area contributed by atoms with Crippen LogP contribution in [-0.4, -0.2) is 23.1 Å². The van der Waals surface area contributed by atoms with Gasteiger partial charge in [0.2, 0.25) is 0 Å². The molecular weight excluding hydrogens is 268 g/mol. The quantitative estimate of drug-likeness (QED) is 0.723. The number of benzene rings is 1. The van der Waals surface area contributed by atoms with Crippen LogP contribution in [0.1, 0.15) is 50.7 Å². The van der Waals surface area contributed by atoms with Gasteiger partial charge in [-0.25, -0.2) is 4.79 Å². The van der Waals surface area contributed by atoms with Gasteiger partial charge in [-0.1, -0.05) is 45.0 Å². The van der Waals surface area contributed by atoms with E-state index in [1.807, 2.05) is 19.1 Å². The Kier molecular flexibility index (Phi) is 6.72. The lowest BCUT2D eigenvalue weighted by molar-refractivity contribution is -0.137. The Morgan fingerprint density at radius 3 is 2.29 bits per heavy atom. The molecule has 0 aromatic heterocycles. The number of nitrogens with one attached hydrogen (secondary N) is 2. The fourth-order valence-electron chi connectivity index (χ4n) is 1.95. The van der Waals surface area contributed by atoms with Gasteiger partial charge in [0.25, 0.3) is 0 Å². The Balaban J connectivity index is 2.43. The smallest absolute Gasteiger partial charge is 0.315 e. The van der Waals surface area contributed by atoms with E-state index in [2.05, 4.69) is 36.6 Å². The molecule has 0 aliphatic heterocycles. The minimum atomic E-state index is -0.911. The van der Waals surface area contributed by atoms with E-state index in [1.165, 1.54) is 5.56 Å².